The number of hydrogen-bond donors (Lipinski definition) is 1. The Morgan fingerprint density at radius 1 is 1.19 bits per heavy atom. The molecule has 0 saturated carbocycles. The molecule has 21 heavy (non-hydrogen) atoms. The van der Waals surface area contributed by atoms with E-state index in [0.717, 1.165) is 17.4 Å². The largest absolute Gasteiger partial charge is 0.493 e. The summed E-state index contributed by atoms with van der Waals surface area (Å²) in [4.78, 5) is 7.03. The number of rotatable bonds is 4. The molecule has 0 amide bonds. The van der Waals surface area contributed by atoms with Gasteiger partial charge in [-0.25, -0.2) is 13.8 Å². The van der Waals surface area contributed by atoms with E-state index in [2.05, 4.69) is 9.97 Å². The SMILES string of the molecule is Cc1cccc(OCCc2nc3c(F)c(F)ccc3[nH]2)c1. The van der Waals surface area contributed by atoms with E-state index in [1.807, 2.05) is 31.2 Å². The highest BCUT2D eigenvalue weighted by Crippen LogP contribution is 2.18. The summed E-state index contributed by atoms with van der Waals surface area (Å²) in [5.74, 6) is -0.461. The molecule has 0 aliphatic heterocycles. The number of imidazole rings is 1. The lowest BCUT2D eigenvalue weighted by Crippen LogP contribution is -2.02. The fourth-order valence-electron chi connectivity index (χ4n) is 2.16. The van der Waals surface area contributed by atoms with E-state index in [0.29, 0.717) is 24.4 Å². The molecule has 0 fully saturated rings. The number of aryl methyl sites for hydroxylation is 1. The van der Waals surface area contributed by atoms with E-state index in [1.165, 1.54) is 6.07 Å². The number of fused-ring (bicyclic) bond motifs is 1. The van der Waals surface area contributed by atoms with Crippen LogP contribution in [0.1, 0.15) is 11.4 Å². The summed E-state index contributed by atoms with van der Waals surface area (Å²) in [5, 5.41) is 0. The van der Waals surface area contributed by atoms with Crippen LogP contribution in [0, 0.1) is 18.6 Å². The van der Waals surface area contributed by atoms with Crippen LogP contribution in [0.2, 0.25) is 0 Å². The minimum Gasteiger partial charge on any atom is -0.493 e. The van der Waals surface area contributed by atoms with Crippen LogP contribution in [-0.2, 0) is 6.42 Å². The van der Waals surface area contributed by atoms with E-state index in [-0.39, 0.29) is 5.52 Å². The quantitative estimate of drug-likeness (QED) is 0.793. The summed E-state index contributed by atoms with van der Waals surface area (Å²) in [7, 11) is 0. The minimum atomic E-state index is -0.922. The van der Waals surface area contributed by atoms with Crippen LogP contribution in [-0.4, -0.2) is 16.6 Å². The third-order valence-electron chi connectivity index (χ3n) is 3.19. The number of nitrogens with one attached hydrogen (secondary N) is 1. The lowest BCUT2D eigenvalue weighted by atomic mass is 10.2. The number of ether oxygens (including phenoxy) is 1. The molecule has 3 rings (SSSR count). The van der Waals surface area contributed by atoms with E-state index in [4.69, 9.17) is 4.74 Å². The molecule has 1 N–H and O–H groups in total. The summed E-state index contributed by atoms with van der Waals surface area (Å²) in [6, 6.07) is 10.3. The van der Waals surface area contributed by atoms with Crippen molar-refractivity contribution in [3.63, 3.8) is 0 Å². The third kappa shape index (κ3) is 2.86. The highest BCUT2D eigenvalue weighted by Gasteiger charge is 2.11. The van der Waals surface area contributed by atoms with Crippen molar-refractivity contribution in [1.82, 2.24) is 9.97 Å². The normalized spacial score (nSPS) is 11.0. The summed E-state index contributed by atoms with van der Waals surface area (Å²) < 4.78 is 32.3. The van der Waals surface area contributed by atoms with Gasteiger partial charge in [-0.2, -0.15) is 0 Å². The Morgan fingerprint density at radius 2 is 2.05 bits per heavy atom. The molecule has 0 bridgehead atoms. The first kappa shape index (κ1) is 13.5. The van der Waals surface area contributed by atoms with Crippen molar-refractivity contribution in [2.75, 3.05) is 6.61 Å². The van der Waals surface area contributed by atoms with Gasteiger partial charge < -0.3 is 9.72 Å². The van der Waals surface area contributed by atoms with Gasteiger partial charge >= 0.3 is 0 Å². The van der Waals surface area contributed by atoms with Crippen molar-refractivity contribution in [2.24, 2.45) is 0 Å². The van der Waals surface area contributed by atoms with Crippen LogP contribution >= 0.6 is 0 Å². The fraction of sp³-hybridized carbons (Fsp3) is 0.188. The molecule has 3 nitrogen and oxygen atoms in total. The number of hydrogen-bond acceptors (Lipinski definition) is 2. The zero-order valence-corrected chi connectivity index (χ0v) is 11.5. The lowest BCUT2D eigenvalue weighted by Gasteiger charge is -2.05. The van der Waals surface area contributed by atoms with Crippen molar-refractivity contribution < 1.29 is 13.5 Å². The second kappa shape index (κ2) is 5.52. The Bertz CT molecular complexity index is 783. The number of nitrogens with zero attached hydrogens (tertiary/aromatic N) is 1. The minimum absolute atomic E-state index is 0.0283. The van der Waals surface area contributed by atoms with Crippen LogP contribution < -0.4 is 4.74 Å². The molecule has 0 atom stereocenters. The fourth-order valence-corrected chi connectivity index (χ4v) is 2.16. The molecule has 0 spiro atoms. The van der Waals surface area contributed by atoms with Gasteiger partial charge in [0.2, 0.25) is 0 Å². The molecular formula is C16H14F2N2O. The molecular weight excluding hydrogens is 274 g/mol. The second-order valence-corrected chi connectivity index (χ2v) is 4.86. The Kier molecular flexibility index (Phi) is 3.56. The molecule has 0 radical (unpaired) electrons. The highest BCUT2D eigenvalue weighted by molar-refractivity contribution is 5.75. The van der Waals surface area contributed by atoms with Crippen LogP contribution in [0.4, 0.5) is 8.78 Å². The predicted octanol–water partition coefficient (Wildman–Crippen LogP) is 3.77. The number of benzene rings is 2. The first-order valence-corrected chi connectivity index (χ1v) is 6.65. The Morgan fingerprint density at radius 3 is 2.86 bits per heavy atom. The highest BCUT2D eigenvalue weighted by atomic mass is 19.2. The average molecular weight is 288 g/mol. The number of aromatic nitrogens is 2. The van der Waals surface area contributed by atoms with Gasteiger partial charge in [0.05, 0.1) is 12.1 Å². The van der Waals surface area contributed by atoms with Crippen LogP contribution in [0.5, 0.6) is 5.75 Å². The average Bonchev–Trinajstić information content (AvgIpc) is 2.87. The molecule has 0 unspecified atom stereocenters. The molecule has 0 aliphatic rings. The zero-order valence-electron chi connectivity index (χ0n) is 11.5. The molecule has 1 aromatic heterocycles. The molecule has 5 heteroatoms. The van der Waals surface area contributed by atoms with Gasteiger partial charge in [-0.1, -0.05) is 12.1 Å². The van der Waals surface area contributed by atoms with Crippen molar-refractivity contribution in [2.45, 2.75) is 13.3 Å². The second-order valence-electron chi connectivity index (χ2n) is 4.86. The lowest BCUT2D eigenvalue weighted by molar-refractivity contribution is 0.319. The van der Waals surface area contributed by atoms with E-state index in [9.17, 15) is 8.78 Å². The smallest absolute Gasteiger partial charge is 0.186 e. The van der Waals surface area contributed by atoms with Gasteiger partial charge in [-0.15, -0.1) is 0 Å². The van der Waals surface area contributed by atoms with E-state index < -0.39 is 11.6 Å². The van der Waals surface area contributed by atoms with Gasteiger partial charge in [0.1, 0.15) is 17.1 Å². The zero-order chi connectivity index (χ0) is 14.8. The molecule has 3 aromatic rings. The number of halogens is 2. The molecule has 0 aliphatic carbocycles. The van der Waals surface area contributed by atoms with Crippen molar-refractivity contribution in [3.8, 4) is 5.75 Å². The van der Waals surface area contributed by atoms with Crippen molar-refractivity contribution in [3.05, 3.63) is 59.4 Å². The van der Waals surface area contributed by atoms with Gasteiger partial charge in [-0.05, 0) is 36.8 Å². The maximum atomic E-state index is 13.6. The molecule has 1 heterocycles. The van der Waals surface area contributed by atoms with Gasteiger partial charge in [-0.3, -0.25) is 0 Å². The van der Waals surface area contributed by atoms with Gasteiger partial charge in [0, 0.05) is 6.42 Å². The summed E-state index contributed by atoms with van der Waals surface area (Å²) in [6.45, 7) is 2.40. The van der Waals surface area contributed by atoms with E-state index in [1.54, 1.807) is 0 Å². The van der Waals surface area contributed by atoms with E-state index >= 15 is 0 Å². The summed E-state index contributed by atoms with van der Waals surface area (Å²) >= 11 is 0. The van der Waals surface area contributed by atoms with Crippen LogP contribution in [0.3, 0.4) is 0 Å². The summed E-state index contributed by atoms with van der Waals surface area (Å²) in [6.07, 6.45) is 0.490. The number of H-pyrrole nitrogens is 1. The van der Waals surface area contributed by atoms with Gasteiger partial charge in [0.15, 0.2) is 11.6 Å². The van der Waals surface area contributed by atoms with Crippen molar-refractivity contribution in [1.29, 1.82) is 0 Å². The molecule has 108 valence electrons. The van der Waals surface area contributed by atoms with Crippen LogP contribution in [0.25, 0.3) is 11.0 Å². The molecule has 0 saturated heterocycles. The van der Waals surface area contributed by atoms with Crippen molar-refractivity contribution >= 4 is 11.0 Å². The monoisotopic (exact) mass is 288 g/mol. The van der Waals surface area contributed by atoms with Crippen LogP contribution in [0.15, 0.2) is 36.4 Å². The summed E-state index contributed by atoms with van der Waals surface area (Å²) in [5.41, 5.74) is 1.63. The predicted molar refractivity (Wildman–Crippen MR) is 76.4 cm³/mol. The third-order valence-corrected chi connectivity index (χ3v) is 3.19. The first-order valence-electron chi connectivity index (χ1n) is 6.65. The van der Waals surface area contributed by atoms with Gasteiger partial charge in [0.25, 0.3) is 0 Å². The first-order chi connectivity index (χ1) is 10.1. The topological polar surface area (TPSA) is 37.9 Å². The Labute approximate surface area is 120 Å². The maximum Gasteiger partial charge on any atom is 0.186 e. The molecule has 2 aromatic carbocycles. The Hall–Kier alpha value is -2.43. The number of aromatic amines is 1. The Balaban J connectivity index is 1.70. The standard InChI is InChI=1S/C16H14F2N2O/c1-10-3-2-4-11(9-10)21-8-7-14-19-13-6-5-12(17)15(18)16(13)20-14/h2-6,9H,7-8H2,1H3,(H,19,20). The maximum absolute atomic E-state index is 13.6.